The van der Waals surface area contributed by atoms with E-state index in [1.165, 1.54) is 0 Å². The van der Waals surface area contributed by atoms with E-state index in [1.54, 1.807) is 24.3 Å². The molecule has 5 heteroatoms. The Morgan fingerprint density at radius 3 is 2.24 bits per heavy atom. The van der Waals surface area contributed by atoms with E-state index in [9.17, 15) is 9.59 Å². The second-order valence-corrected chi connectivity index (χ2v) is 7.73. The Balaban J connectivity index is 1.67. The van der Waals surface area contributed by atoms with Gasteiger partial charge >= 0.3 is 0 Å². The monoisotopic (exact) mass is 393 g/mol. The third-order valence-corrected chi connectivity index (χ3v) is 5.70. The number of amides is 2. The second-order valence-electron chi connectivity index (χ2n) is 7.73. The molecule has 0 atom stereocenters. The molecule has 0 bridgehead atoms. The summed E-state index contributed by atoms with van der Waals surface area (Å²) in [6.07, 6.45) is 2.07. The lowest BCUT2D eigenvalue weighted by molar-refractivity contribution is 0.0697. The molecule has 0 radical (unpaired) electrons. The van der Waals surface area contributed by atoms with Crippen LogP contribution in [0.2, 0.25) is 0 Å². The SMILES string of the molecule is CCN(CC)c1ccc(NC(=O)c2cccc(C(=O)N3CCC(C)CC3)c2)cc1. The van der Waals surface area contributed by atoms with Crippen LogP contribution >= 0.6 is 0 Å². The van der Waals surface area contributed by atoms with Crippen LogP contribution in [0.15, 0.2) is 48.5 Å². The van der Waals surface area contributed by atoms with Crippen LogP contribution in [0.25, 0.3) is 0 Å². The van der Waals surface area contributed by atoms with E-state index in [-0.39, 0.29) is 11.8 Å². The molecule has 3 rings (SSSR count). The van der Waals surface area contributed by atoms with Crippen molar-refractivity contribution in [2.24, 2.45) is 5.92 Å². The van der Waals surface area contributed by atoms with E-state index in [4.69, 9.17) is 0 Å². The first-order valence-electron chi connectivity index (χ1n) is 10.6. The van der Waals surface area contributed by atoms with E-state index >= 15 is 0 Å². The molecular weight excluding hydrogens is 362 g/mol. The van der Waals surface area contributed by atoms with E-state index in [0.29, 0.717) is 17.0 Å². The fourth-order valence-electron chi connectivity index (χ4n) is 3.74. The molecule has 2 amide bonds. The highest BCUT2D eigenvalue weighted by atomic mass is 16.2. The van der Waals surface area contributed by atoms with E-state index in [0.717, 1.165) is 50.4 Å². The van der Waals surface area contributed by atoms with Gasteiger partial charge in [0, 0.05) is 48.7 Å². The summed E-state index contributed by atoms with van der Waals surface area (Å²) >= 11 is 0. The summed E-state index contributed by atoms with van der Waals surface area (Å²) in [5, 5.41) is 2.93. The summed E-state index contributed by atoms with van der Waals surface area (Å²) in [5.74, 6) is 0.474. The summed E-state index contributed by atoms with van der Waals surface area (Å²) < 4.78 is 0. The molecule has 2 aromatic rings. The third kappa shape index (κ3) is 5.17. The molecule has 0 spiro atoms. The number of carbonyl (C=O) groups is 2. The topological polar surface area (TPSA) is 52.7 Å². The van der Waals surface area contributed by atoms with Gasteiger partial charge in [-0.2, -0.15) is 0 Å². The highest BCUT2D eigenvalue weighted by molar-refractivity contribution is 6.06. The number of anilines is 2. The molecule has 2 aromatic carbocycles. The van der Waals surface area contributed by atoms with Gasteiger partial charge in [-0.25, -0.2) is 0 Å². The molecule has 0 unspecified atom stereocenters. The quantitative estimate of drug-likeness (QED) is 0.777. The van der Waals surface area contributed by atoms with Crippen LogP contribution in [0.1, 0.15) is 54.3 Å². The van der Waals surface area contributed by atoms with Crippen LogP contribution in [-0.2, 0) is 0 Å². The van der Waals surface area contributed by atoms with Crippen molar-refractivity contribution in [1.29, 1.82) is 0 Å². The van der Waals surface area contributed by atoms with Gasteiger partial charge in [0.15, 0.2) is 0 Å². The number of carbonyl (C=O) groups excluding carboxylic acids is 2. The van der Waals surface area contributed by atoms with Crippen molar-refractivity contribution in [1.82, 2.24) is 4.90 Å². The maximum atomic E-state index is 12.8. The number of rotatable bonds is 6. The molecule has 0 saturated carbocycles. The third-order valence-electron chi connectivity index (χ3n) is 5.70. The number of hydrogen-bond acceptors (Lipinski definition) is 3. The van der Waals surface area contributed by atoms with Crippen LogP contribution in [0.4, 0.5) is 11.4 Å². The van der Waals surface area contributed by atoms with Crippen LogP contribution in [0.5, 0.6) is 0 Å². The average Bonchev–Trinajstić information content (AvgIpc) is 2.76. The first-order chi connectivity index (χ1) is 14.0. The van der Waals surface area contributed by atoms with Gasteiger partial charge in [-0.15, -0.1) is 0 Å². The summed E-state index contributed by atoms with van der Waals surface area (Å²) in [7, 11) is 0. The van der Waals surface area contributed by atoms with Crippen molar-refractivity contribution in [3.8, 4) is 0 Å². The standard InChI is InChI=1S/C24H31N3O2/c1-4-26(5-2)22-11-9-21(10-12-22)25-23(28)19-7-6-8-20(17-19)24(29)27-15-13-18(3)14-16-27/h6-12,17-18H,4-5,13-16H2,1-3H3,(H,25,28). The molecular formula is C24H31N3O2. The van der Waals surface area contributed by atoms with Crippen LogP contribution in [-0.4, -0.2) is 42.9 Å². The Labute approximate surface area is 173 Å². The average molecular weight is 394 g/mol. The van der Waals surface area contributed by atoms with Gasteiger partial charge in [-0.3, -0.25) is 9.59 Å². The molecule has 1 saturated heterocycles. The number of nitrogens with one attached hydrogen (secondary N) is 1. The van der Waals surface area contributed by atoms with Crippen molar-refractivity contribution in [3.05, 3.63) is 59.7 Å². The smallest absolute Gasteiger partial charge is 0.255 e. The van der Waals surface area contributed by atoms with Crippen molar-refractivity contribution in [3.63, 3.8) is 0 Å². The van der Waals surface area contributed by atoms with E-state index < -0.39 is 0 Å². The Hall–Kier alpha value is -2.82. The highest BCUT2D eigenvalue weighted by Crippen LogP contribution is 2.20. The predicted octanol–water partition coefficient (Wildman–Crippen LogP) is 4.66. The first kappa shape index (κ1) is 20.9. The minimum atomic E-state index is -0.206. The number of likely N-dealkylation sites (tertiary alicyclic amines) is 1. The molecule has 1 aliphatic rings. The van der Waals surface area contributed by atoms with Crippen LogP contribution in [0, 0.1) is 5.92 Å². The second kappa shape index (κ2) is 9.59. The van der Waals surface area contributed by atoms with Crippen molar-refractivity contribution >= 4 is 23.2 Å². The summed E-state index contributed by atoms with van der Waals surface area (Å²) in [5.41, 5.74) is 2.95. The molecule has 0 aromatic heterocycles. The maximum Gasteiger partial charge on any atom is 0.255 e. The van der Waals surface area contributed by atoms with Gasteiger partial charge in [0.05, 0.1) is 0 Å². The molecule has 0 aliphatic carbocycles. The molecule has 29 heavy (non-hydrogen) atoms. The maximum absolute atomic E-state index is 12.8. The number of benzene rings is 2. The Morgan fingerprint density at radius 2 is 1.62 bits per heavy atom. The summed E-state index contributed by atoms with van der Waals surface area (Å²) in [4.78, 5) is 29.6. The molecule has 5 nitrogen and oxygen atoms in total. The molecule has 154 valence electrons. The minimum Gasteiger partial charge on any atom is -0.372 e. The zero-order valence-electron chi connectivity index (χ0n) is 17.6. The van der Waals surface area contributed by atoms with Gasteiger partial charge in [0.1, 0.15) is 0 Å². The van der Waals surface area contributed by atoms with Gasteiger partial charge in [0.2, 0.25) is 0 Å². The fourth-order valence-corrected chi connectivity index (χ4v) is 3.74. The highest BCUT2D eigenvalue weighted by Gasteiger charge is 2.22. The zero-order chi connectivity index (χ0) is 20.8. The van der Waals surface area contributed by atoms with Gasteiger partial charge < -0.3 is 15.1 Å². The molecule has 1 heterocycles. The number of nitrogens with zero attached hydrogens (tertiary/aromatic N) is 2. The van der Waals surface area contributed by atoms with Gasteiger partial charge in [0.25, 0.3) is 11.8 Å². The Bertz CT molecular complexity index is 835. The lowest BCUT2D eigenvalue weighted by Crippen LogP contribution is -2.38. The van der Waals surface area contributed by atoms with Crippen molar-refractivity contribution in [2.45, 2.75) is 33.6 Å². The zero-order valence-corrected chi connectivity index (χ0v) is 17.6. The van der Waals surface area contributed by atoms with E-state index in [1.807, 2.05) is 29.2 Å². The Morgan fingerprint density at radius 1 is 1.00 bits per heavy atom. The number of piperidine rings is 1. The summed E-state index contributed by atoms with van der Waals surface area (Å²) in [6, 6.07) is 14.9. The minimum absolute atomic E-state index is 0.00938. The molecule has 1 N–H and O–H groups in total. The molecule has 1 fully saturated rings. The fraction of sp³-hybridized carbons (Fsp3) is 0.417. The van der Waals surface area contributed by atoms with Crippen molar-refractivity contribution in [2.75, 3.05) is 36.4 Å². The van der Waals surface area contributed by atoms with Gasteiger partial charge in [-0.05, 0) is 75.1 Å². The first-order valence-corrected chi connectivity index (χ1v) is 10.6. The normalized spacial score (nSPS) is 14.5. The lowest BCUT2D eigenvalue weighted by atomic mass is 9.98. The largest absolute Gasteiger partial charge is 0.372 e. The lowest BCUT2D eigenvalue weighted by Gasteiger charge is -2.30. The number of hydrogen-bond donors (Lipinski definition) is 1. The molecule has 1 aliphatic heterocycles. The summed E-state index contributed by atoms with van der Waals surface area (Å²) in [6.45, 7) is 9.93. The predicted molar refractivity (Wildman–Crippen MR) is 119 cm³/mol. The van der Waals surface area contributed by atoms with Crippen LogP contribution < -0.4 is 10.2 Å². The van der Waals surface area contributed by atoms with Crippen LogP contribution in [0.3, 0.4) is 0 Å². The van der Waals surface area contributed by atoms with Gasteiger partial charge in [-0.1, -0.05) is 13.0 Å². The van der Waals surface area contributed by atoms with Crippen molar-refractivity contribution < 1.29 is 9.59 Å². The Kier molecular flexibility index (Phi) is 6.91. The van der Waals surface area contributed by atoms with E-state index in [2.05, 4.69) is 31.0 Å².